The number of hydrogen-bond donors (Lipinski definition) is 0. The molecule has 5 nitrogen and oxygen atoms in total. The summed E-state index contributed by atoms with van der Waals surface area (Å²) in [4.78, 5) is 10.4. The number of carbonyl (C=O) groups excluding carboxylic acids is 1. The second-order valence-electron chi connectivity index (χ2n) is 2.71. The van der Waals surface area contributed by atoms with E-state index < -0.39 is 13.6 Å². The van der Waals surface area contributed by atoms with Gasteiger partial charge in [0.05, 0.1) is 6.10 Å². The van der Waals surface area contributed by atoms with E-state index in [1.807, 2.05) is 0 Å². The molecule has 0 spiro atoms. The van der Waals surface area contributed by atoms with Crippen molar-refractivity contribution in [1.29, 1.82) is 0 Å². The highest BCUT2D eigenvalue weighted by Crippen LogP contribution is 2.48. The number of ether oxygens (including phenoxy) is 1. The summed E-state index contributed by atoms with van der Waals surface area (Å²) in [6, 6.07) is 0. The minimum atomic E-state index is -3.25. The molecule has 0 aliphatic carbocycles. The van der Waals surface area contributed by atoms with E-state index in [2.05, 4.69) is 9.26 Å². The number of hydrogen-bond acceptors (Lipinski definition) is 5. The first kappa shape index (κ1) is 12.6. The summed E-state index contributed by atoms with van der Waals surface area (Å²) in [7, 11) is -2.00. The molecule has 0 amide bonds. The second kappa shape index (κ2) is 5.37. The summed E-state index contributed by atoms with van der Waals surface area (Å²) in [5, 5.41) is 0. The fourth-order valence-electron chi connectivity index (χ4n) is 0.617. The number of carbonyl (C=O) groups is 1. The maximum Gasteiger partial charge on any atom is 0.367 e. The van der Waals surface area contributed by atoms with Crippen LogP contribution in [0.25, 0.3) is 0 Å². The van der Waals surface area contributed by atoms with Crippen LogP contribution in [-0.2, 0) is 23.1 Å². The Bertz CT molecular complexity index is 213. The van der Waals surface area contributed by atoms with E-state index in [4.69, 9.17) is 4.52 Å². The predicted molar refractivity (Wildman–Crippen MR) is 47.5 cm³/mol. The minimum absolute atomic E-state index is 0.235. The van der Waals surface area contributed by atoms with Crippen molar-refractivity contribution in [2.75, 3.05) is 13.5 Å². The standard InChI is InChI=1S/C7H15O5P/c1-6(2)12-13(9,10-4)5-11-7(3)8/h6H,5H2,1-4H3/t13-/m1/s1. The lowest BCUT2D eigenvalue weighted by molar-refractivity contribution is -0.139. The van der Waals surface area contributed by atoms with Crippen molar-refractivity contribution in [3.05, 3.63) is 0 Å². The first-order valence-electron chi connectivity index (χ1n) is 3.86. The SMILES string of the molecule is CO[P@](=O)(COC(C)=O)OC(C)C. The van der Waals surface area contributed by atoms with Gasteiger partial charge in [0.2, 0.25) is 0 Å². The van der Waals surface area contributed by atoms with E-state index >= 15 is 0 Å². The minimum Gasteiger partial charge on any atom is -0.453 e. The average Bonchev–Trinajstić information content (AvgIpc) is 2.00. The van der Waals surface area contributed by atoms with Crippen molar-refractivity contribution in [3.63, 3.8) is 0 Å². The van der Waals surface area contributed by atoms with Crippen molar-refractivity contribution in [3.8, 4) is 0 Å². The quantitative estimate of drug-likeness (QED) is 0.511. The van der Waals surface area contributed by atoms with Crippen molar-refractivity contribution in [2.45, 2.75) is 26.9 Å². The monoisotopic (exact) mass is 210 g/mol. The summed E-state index contributed by atoms with van der Waals surface area (Å²) < 4.78 is 25.8. The predicted octanol–water partition coefficient (Wildman–Crippen LogP) is 1.77. The lowest BCUT2D eigenvalue weighted by Gasteiger charge is -2.17. The van der Waals surface area contributed by atoms with Gasteiger partial charge in [0.1, 0.15) is 0 Å². The fourth-order valence-corrected chi connectivity index (χ4v) is 1.85. The van der Waals surface area contributed by atoms with Crippen LogP contribution in [0, 0.1) is 0 Å². The molecule has 1 atom stereocenters. The molecule has 0 saturated carbocycles. The van der Waals surface area contributed by atoms with E-state index in [1.165, 1.54) is 14.0 Å². The second-order valence-corrected chi connectivity index (χ2v) is 4.77. The Labute approximate surface area is 77.9 Å². The highest BCUT2D eigenvalue weighted by molar-refractivity contribution is 7.53. The van der Waals surface area contributed by atoms with Crippen molar-refractivity contribution >= 4 is 13.6 Å². The molecule has 0 radical (unpaired) electrons. The van der Waals surface area contributed by atoms with E-state index in [9.17, 15) is 9.36 Å². The molecule has 0 bridgehead atoms. The fraction of sp³-hybridized carbons (Fsp3) is 0.857. The molecule has 13 heavy (non-hydrogen) atoms. The van der Waals surface area contributed by atoms with Gasteiger partial charge in [-0.25, -0.2) is 0 Å². The molecule has 0 aromatic heterocycles. The van der Waals surface area contributed by atoms with Gasteiger partial charge in [-0.05, 0) is 13.8 Å². The van der Waals surface area contributed by atoms with Crippen molar-refractivity contribution in [2.24, 2.45) is 0 Å². The normalized spacial score (nSPS) is 15.5. The summed E-state index contributed by atoms with van der Waals surface area (Å²) in [5.41, 5.74) is 0. The molecule has 0 aliphatic rings. The Balaban J connectivity index is 4.12. The van der Waals surface area contributed by atoms with E-state index in [-0.39, 0.29) is 12.5 Å². The first-order chi connectivity index (χ1) is 5.89. The maximum atomic E-state index is 11.6. The van der Waals surface area contributed by atoms with Crippen LogP contribution in [0.15, 0.2) is 0 Å². The Hall–Kier alpha value is -0.380. The van der Waals surface area contributed by atoms with Gasteiger partial charge in [-0.2, -0.15) is 0 Å². The molecule has 0 rings (SSSR count). The topological polar surface area (TPSA) is 61.8 Å². The Morgan fingerprint density at radius 3 is 2.31 bits per heavy atom. The summed E-state index contributed by atoms with van der Waals surface area (Å²) >= 11 is 0. The largest absolute Gasteiger partial charge is 0.453 e. The van der Waals surface area contributed by atoms with Crippen LogP contribution in [0.5, 0.6) is 0 Å². The van der Waals surface area contributed by atoms with Gasteiger partial charge in [-0.1, -0.05) is 0 Å². The Morgan fingerprint density at radius 1 is 1.46 bits per heavy atom. The van der Waals surface area contributed by atoms with E-state index in [0.717, 1.165) is 0 Å². The van der Waals surface area contributed by atoms with Crippen LogP contribution in [0.3, 0.4) is 0 Å². The smallest absolute Gasteiger partial charge is 0.367 e. The van der Waals surface area contributed by atoms with E-state index in [0.29, 0.717) is 0 Å². The van der Waals surface area contributed by atoms with Crippen LogP contribution in [0.2, 0.25) is 0 Å². The average molecular weight is 210 g/mol. The zero-order chi connectivity index (χ0) is 10.5. The van der Waals surface area contributed by atoms with E-state index in [1.54, 1.807) is 13.8 Å². The number of esters is 1. The van der Waals surface area contributed by atoms with Crippen LogP contribution in [-0.4, -0.2) is 25.5 Å². The molecule has 0 fully saturated rings. The molecule has 0 aliphatic heterocycles. The molecular weight excluding hydrogens is 195 g/mol. The van der Waals surface area contributed by atoms with Crippen LogP contribution < -0.4 is 0 Å². The third-order valence-electron chi connectivity index (χ3n) is 1.08. The third kappa shape index (κ3) is 5.80. The molecule has 6 heteroatoms. The van der Waals surface area contributed by atoms with Crippen LogP contribution in [0.1, 0.15) is 20.8 Å². The van der Waals surface area contributed by atoms with Gasteiger partial charge in [0.25, 0.3) is 0 Å². The van der Waals surface area contributed by atoms with Crippen LogP contribution >= 0.6 is 7.60 Å². The summed E-state index contributed by atoms with van der Waals surface area (Å²) in [5.74, 6) is -0.510. The molecule has 78 valence electrons. The Morgan fingerprint density at radius 2 is 2.00 bits per heavy atom. The first-order valence-corrected chi connectivity index (χ1v) is 5.59. The molecule has 0 heterocycles. The van der Waals surface area contributed by atoms with Gasteiger partial charge in [-0.15, -0.1) is 0 Å². The molecule has 0 aromatic rings. The zero-order valence-corrected chi connectivity index (χ0v) is 9.17. The molecule has 0 N–H and O–H groups in total. The lowest BCUT2D eigenvalue weighted by Crippen LogP contribution is -2.08. The summed E-state index contributed by atoms with van der Waals surface area (Å²) in [6.07, 6.45) is -0.571. The van der Waals surface area contributed by atoms with Gasteiger partial charge in [0, 0.05) is 14.0 Å². The van der Waals surface area contributed by atoms with Crippen LogP contribution in [0.4, 0.5) is 0 Å². The molecule has 0 aromatic carbocycles. The van der Waals surface area contributed by atoms with Gasteiger partial charge < -0.3 is 13.8 Å². The van der Waals surface area contributed by atoms with Gasteiger partial charge >= 0.3 is 13.6 Å². The molecular formula is C7H15O5P. The molecule has 0 unspecified atom stereocenters. The maximum absolute atomic E-state index is 11.6. The molecule has 0 saturated heterocycles. The number of rotatable bonds is 5. The highest BCUT2D eigenvalue weighted by Gasteiger charge is 2.26. The van der Waals surface area contributed by atoms with Gasteiger partial charge in [-0.3, -0.25) is 9.36 Å². The van der Waals surface area contributed by atoms with Crippen molar-refractivity contribution in [1.82, 2.24) is 0 Å². The highest BCUT2D eigenvalue weighted by atomic mass is 31.2. The van der Waals surface area contributed by atoms with Gasteiger partial charge in [0.15, 0.2) is 6.35 Å². The Kier molecular flexibility index (Phi) is 5.21. The summed E-state index contributed by atoms with van der Waals surface area (Å²) in [6.45, 7) is 4.67. The lowest BCUT2D eigenvalue weighted by atomic mass is 10.5. The third-order valence-corrected chi connectivity index (χ3v) is 2.82. The zero-order valence-electron chi connectivity index (χ0n) is 8.27. The van der Waals surface area contributed by atoms with Crippen molar-refractivity contribution < 1.29 is 23.1 Å².